The lowest BCUT2D eigenvalue weighted by Crippen LogP contribution is -2.68. The van der Waals surface area contributed by atoms with Crippen molar-refractivity contribution in [1.29, 1.82) is 0 Å². The molecule has 0 aromatic heterocycles. The molecule has 6 atom stereocenters. The van der Waals surface area contributed by atoms with Crippen LogP contribution in [-0.2, 0) is 17.6 Å². The molecule has 3 fully saturated rings. The summed E-state index contributed by atoms with van der Waals surface area (Å²) < 4.78 is 27.8. The molecule has 5 aliphatic rings. The van der Waals surface area contributed by atoms with Gasteiger partial charge < -0.3 is 4.90 Å². The topological polar surface area (TPSA) is 20.3 Å². The van der Waals surface area contributed by atoms with Crippen molar-refractivity contribution in [3.8, 4) is 0 Å². The number of piperidine rings is 2. The minimum atomic E-state index is -0.233. The Morgan fingerprint density at radius 3 is 2.67 bits per heavy atom. The Labute approximate surface area is 175 Å². The molecule has 2 saturated heterocycles. The quantitative estimate of drug-likeness (QED) is 0.626. The van der Waals surface area contributed by atoms with Crippen molar-refractivity contribution >= 4 is 5.91 Å². The summed E-state index contributed by atoms with van der Waals surface area (Å²) in [6.45, 7) is 1.66. The smallest absolute Gasteiger partial charge is 0.220 e. The first kappa shape index (κ1) is 18.3. The Morgan fingerprint density at radius 1 is 1.13 bits per heavy atom. The van der Waals surface area contributed by atoms with Crippen molar-refractivity contribution in [2.75, 3.05) is 0 Å². The minimum absolute atomic E-state index is 0.000209. The number of carbonyl (C=O) groups is 1. The van der Waals surface area contributed by atoms with Crippen molar-refractivity contribution in [3.63, 3.8) is 0 Å². The molecule has 4 bridgehead atoms. The van der Waals surface area contributed by atoms with Gasteiger partial charge in [0.15, 0.2) is 0 Å². The van der Waals surface area contributed by atoms with E-state index in [-0.39, 0.29) is 41.0 Å². The zero-order valence-corrected chi connectivity index (χ0v) is 17.0. The Bertz CT molecular complexity index is 1060. The first-order chi connectivity index (χ1) is 14.5. The monoisotopic (exact) mass is 405 g/mol. The molecule has 0 radical (unpaired) electrons. The van der Waals surface area contributed by atoms with Crippen LogP contribution < -0.4 is 0 Å². The van der Waals surface area contributed by atoms with Crippen molar-refractivity contribution in [2.24, 2.45) is 23.2 Å². The third-order valence-electron chi connectivity index (χ3n) is 8.29. The summed E-state index contributed by atoms with van der Waals surface area (Å²) in [4.78, 5) is 14.9. The van der Waals surface area contributed by atoms with Crippen LogP contribution in [-0.4, -0.2) is 16.8 Å². The molecule has 2 aromatic carbocycles. The SMILES string of the molecule is CC(=O)N1C2CC3(Cc4ccc(F)cc4)Cc4ccc(F)cc4C1C3C1C=CCC12. The molecule has 0 N–H and O–H groups in total. The number of halogens is 2. The van der Waals surface area contributed by atoms with E-state index in [2.05, 4.69) is 17.1 Å². The number of nitrogens with zero attached hydrogens (tertiary/aromatic N) is 1. The van der Waals surface area contributed by atoms with Gasteiger partial charge in [0.2, 0.25) is 5.91 Å². The van der Waals surface area contributed by atoms with E-state index in [1.807, 2.05) is 18.2 Å². The van der Waals surface area contributed by atoms with Crippen LogP contribution in [0.15, 0.2) is 54.6 Å². The molecule has 1 amide bonds. The van der Waals surface area contributed by atoms with Crippen LogP contribution in [0.4, 0.5) is 8.78 Å². The van der Waals surface area contributed by atoms with Crippen molar-refractivity contribution in [3.05, 3.63) is 82.9 Å². The molecule has 2 heterocycles. The molecular weight excluding hydrogens is 380 g/mol. The third-order valence-corrected chi connectivity index (χ3v) is 8.29. The average Bonchev–Trinajstić information content (AvgIpc) is 3.21. The number of benzene rings is 2. The second-order valence-corrected chi connectivity index (χ2v) is 9.76. The minimum Gasteiger partial charge on any atom is -0.332 e. The van der Waals surface area contributed by atoms with Crippen LogP contribution in [0.5, 0.6) is 0 Å². The highest BCUT2D eigenvalue weighted by atomic mass is 19.1. The summed E-state index contributed by atoms with van der Waals surface area (Å²) in [6, 6.07) is 12.1. The normalized spacial score (nSPS) is 35.3. The van der Waals surface area contributed by atoms with E-state index >= 15 is 0 Å². The molecule has 4 heteroatoms. The van der Waals surface area contributed by atoms with E-state index in [1.54, 1.807) is 19.1 Å². The molecule has 6 unspecified atom stereocenters. The zero-order chi connectivity index (χ0) is 20.6. The molecule has 3 aliphatic carbocycles. The van der Waals surface area contributed by atoms with Crippen LogP contribution in [0.3, 0.4) is 0 Å². The zero-order valence-electron chi connectivity index (χ0n) is 17.0. The Kier molecular flexibility index (Phi) is 3.82. The summed E-state index contributed by atoms with van der Waals surface area (Å²) >= 11 is 0. The van der Waals surface area contributed by atoms with Gasteiger partial charge >= 0.3 is 0 Å². The van der Waals surface area contributed by atoms with E-state index < -0.39 is 0 Å². The lowest BCUT2D eigenvalue weighted by atomic mass is 9.45. The largest absolute Gasteiger partial charge is 0.332 e. The maximum Gasteiger partial charge on any atom is 0.220 e. The summed E-state index contributed by atoms with van der Waals surface area (Å²) in [5.74, 6) is 0.781. The van der Waals surface area contributed by atoms with E-state index in [4.69, 9.17) is 0 Å². The number of allylic oxidation sites excluding steroid dienone is 2. The van der Waals surface area contributed by atoms with Gasteiger partial charge in [-0.25, -0.2) is 8.78 Å². The van der Waals surface area contributed by atoms with Gasteiger partial charge in [0.25, 0.3) is 0 Å². The molecule has 0 spiro atoms. The average molecular weight is 405 g/mol. The van der Waals surface area contributed by atoms with Crippen molar-refractivity contribution in [2.45, 2.75) is 44.7 Å². The van der Waals surface area contributed by atoms with E-state index in [0.29, 0.717) is 11.8 Å². The number of amides is 1. The van der Waals surface area contributed by atoms with Gasteiger partial charge in [-0.15, -0.1) is 0 Å². The number of fused-ring (bicyclic) bond motifs is 1. The van der Waals surface area contributed by atoms with Gasteiger partial charge in [-0.2, -0.15) is 0 Å². The fourth-order valence-corrected chi connectivity index (χ4v) is 7.44. The predicted octanol–water partition coefficient (Wildman–Crippen LogP) is 5.23. The molecule has 2 nitrogen and oxygen atoms in total. The third kappa shape index (κ3) is 2.42. The van der Waals surface area contributed by atoms with Crippen LogP contribution in [0.2, 0.25) is 0 Å². The highest BCUT2D eigenvalue weighted by molar-refractivity contribution is 5.75. The van der Waals surface area contributed by atoms with Gasteiger partial charge in [-0.1, -0.05) is 30.4 Å². The van der Waals surface area contributed by atoms with Crippen LogP contribution >= 0.6 is 0 Å². The van der Waals surface area contributed by atoms with Gasteiger partial charge in [-0.05, 0) is 89.8 Å². The molecule has 154 valence electrons. The van der Waals surface area contributed by atoms with E-state index in [1.165, 1.54) is 12.1 Å². The van der Waals surface area contributed by atoms with E-state index in [9.17, 15) is 13.6 Å². The van der Waals surface area contributed by atoms with Crippen molar-refractivity contribution in [1.82, 2.24) is 4.90 Å². The lowest BCUT2D eigenvalue weighted by molar-refractivity contribution is -0.178. The fraction of sp³-hybridized carbons (Fsp3) is 0.423. The van der Waals surface area contributed by atoms with Gasteiger partial charge in [0.1, 0.15) is 11.6 Å². The number of rotatable bonds is 2. The fourth-order valence-electron chi connectivity index (χ4n) is 7.44. The number of hydrogen-bond acceptors (Lipinski definition) is 1. The molecular formula is C26H25F2NO. The number of hydrogen-bond donors (Lipinski definition) is 0. The lowest BCUT2D eigenvalue weighted by Gasteiger charge is -2.67. The van der Waals surface area contributed by atoms with E-state index in [0.717, 1.165) is 42.4 Å². The Hall–Kier alpha value is -2.49. The van der Waals surface area contributed by atoms with Crippen molar-refractivity contribution < 1.29 is 13.6 Å². The first-order valence-electron chi connectivity index (χ1n) is 11.0. The Balaban J connectivity index is 1.54. The summed E-state index contributed by atoms with van der Waals surface area (Å²) in [5, 5.41) is 0. The Morgan fingerprint density at radius 2 is 1.90 bits per heavy atom. The second-order valence-electron chi connectivity index (χ2n) is 9.76. The molecule has 30 heavy (non-hydrogen) atoms. The van der Waals surface area contributed by atoms with Gasteiger partial charge in [0.05, 0.1) is 6.04 Å². The second kappa shape index (κ2) is 6.26. The van der Waals surface area contributed by atoms with Gasteiger partial charge in [-0.3, -0.25) is 4.79 Å². The van der Waals surface area contributed by atoms with Gasteiger partial charge in [0, 0.05) is 13.0 Å². The highest BCUT2D eigenvalue weighted by Crippen LogP contribution is 2.67. The summed E-state index contributed by atoms with van der Waals surface area (Å²) in [5.41, 5.74) is 3.29. The number of carbonyl (C=O) groups excluding carboxylic acids is 1. The predicted molar refractivity (Wildman–Crippen MR) is 111 cm³/mol. The highest BCUT2D eigenvalue weighted by Gasteiger charge is 2.65. The van der Waals surface area contributed by atoms with Crippen LogP contribution in [0.1, 0.15) is 42.5 Å². The summed E-state index contributed by atoms with van der Waals surface area (Å²) in [7, 11) is 0. The molecule has 2 aliphatic heterocycles. The molecule has 7 rings (SSSR count). The van der Waals surface area contributed by atoms with Crippen LogP contribution in [0, 0.1) is 34.8 Å². The maximum absolute atomic E-state index is 14.3. The first-order valence-corrected chi connectivity index (χ1v) is 11.0. The molecule has 2 aromatic rings. The molecule has 1 saturated carbocycles. The maximum atomic E-state index is 14.3. The standard InChI is InChI=1S/C26H25F2NO/c1-15(30)29-23-14-26(12-16-5-8-18(27)9-6-16)13-17-7-10-19(28)11-22(17)25(29)24(26)21-4-2-3-20(21)23/h2,4-11,20-21,23-25H,3,12-14H2,1H3. The summed E-state index contributed by atoms with van der Waals surface area (Å²) in [6.07, 6.45) is 8.37. The van der Waals surface area contributed by atoms with Crippen LogP contribution in [0.25, 0.3) is 0 Å².